The molecule has 3 atom stereocenters. The molecular weight excluding hydrogens is 421 g/mol. The Morgan fingerprint density at radius 3 is 0.591 bits per heavy atom. The molecule has 3 N–H and O–H groups in total. The molecule has 0 amide bonds. The summed E-state index contributed by atoms with van der Waals surface area (Å²) in [4.78, 5) is 0. The molecule has 140 valence electrons. The number of aliphatic hydroxyl groups excluding tert-OH is 3. The van der Waals surface area contributed by atoms with Gasteiger partial charge < -0.3 is 15.3 Å². The van der Waals surface area contributed by atoms with Crippen molar-refractivity contribution in [1.29, 1.82) is 0 Å². The molecule has 0 aromatic carbocycles. The van der Waals surface area contributed by atoms with Crippen molar-refractivity contribution in [3.05, 3.63) is 0 Å². The summed E-state index contributed by atoms with van der Waals surface area (Å²) in [7, 11) is 0. The first kappa shape index (κ1) is 31.0. The van der Waals surface area contributed by atoms with Crippen molar-refractivity contribution in [3.8, 4) is 0 Å². The minimum absolute atomic E-state index is 0. The third-order valence-electron chi connectivity index (χ3n) is 4.28. The van der Waals surface area contributed by atoms with Gasteiger partial charge in [-0.15, -0.1) is 0 Å². The maximum absolute atomic E-state index is 8.51. The minimum atomic E-state index is 0. The van der Waals surface area contributed by atoms with E-state index in [-0.39, 0.29) is 39.9 Å². The topological polar surface area (TPSA) is 60.7 Å². The summed E-state index contributed by atoms with van der Waals surface area (Å²) in [6, 6.07) is 0. The molecule has 0 aliphatic rings. The van der Waals surface area contributed by atoms with E-state index in [1.54, 1.807) is 0 Å². The van der Waals surface area contributed by atoms with E-state index < -0.39 is 0 Å². The van der Waals surface area contributed by atoms with Gasteiger partial charge >= 0.3 is 0 Å². The zero-order valence-electron chi connectivity index (χ0n) is 16.3. The van der Waals surface area contributed by atoms with Gasteiger partial charge in [-0.25, -0.2) is 0 Å². The molecule has 0 saturated carbocycles. The van der Waals surface area contributed by atoms with Crippen molar-refractivity contribution in [2.75, 3.05) is 19.8 Å². The molecule has 4 heteroatoms. The number of hydrogen-bond acceptors (Lipinski definition) is 3. The summed E-state index contributed by atoms with van der Waals surface area (Å²) in [6.45, 7) is 19.8. The Morgan fingerprint density at radius 2 is 0.591 bits per heavy atom. The molecule has 22 heavy (non-hydrogen) atoms. The van der Waals surface area contributed by atoms with Crippen molar-refractivity contribution in [3.63, 3.8) is 0 Å². The fourth-order valence-corrected chi connectivity index (χ4v) is 0.632. The van der Waals surface area contributed by atoms with Gasteiger partial charge in [-0.05, 0) is 35.5 Å². The molecule has 0 aliphatic carbocycles. The second-order valence-corrected chi connectivity index (χ2v) is 7.21. The van der Waals surface area contributed by atoms with Gasteiger partial charge in [-0.3, -0.25) is 0 Å². The van der Waals surface area contributed by atoms with Gasteiger partial charge in [0.05, 0.1) is 0 Å². The predicted octanol–water partition coefficient (Wildman–Crippen LogP) is 3.81. The standard InChI is InChI=1S/3C6H14O.Gd/c3*1-5(2)6(3)4-7;/h3*5-7H,4H2,1-3H3;. The van der Waals surface area contributed by atoms with Crippen LogP contribution in [-0.2, 0) is 0 Å². The van der Waals surface area contributed by atoms with E-state index in [4.69, 9.17) is 15.3 Å². The molecule has 0 rings (SSSR count). The van der Waals surface area contributed by atoms with Crippen LogP contribution in [0.25, 0.3) is 0 Å². The predicted molar refractivity (Wildman–Crippen MR) is 93.3 cm³/mol. The first-order valence-corrected chi connectivity index (χ1v) is 8.37. The van der Waals surface area contributed by atoms with E-state index in [1.807, 2.05) is 20.8 Å². The van der Waals surface area contributed by atoms with Crippen LogP contribution in [0.3, 0.4) is 0 Å². The summed E-state index contributed by atoms with van der Waals surface area (Å²) in [5.41, 5.74) is 0. The van der Waals surface area contributed by atoms with Crippen molar-refractivity contribution in [2.24, 2.45) is 35.5 Å². The summed E-state index contributed by atoms with van der Waals surface area (Å²) < 4.78 is 0. The number of aliphatic hydroxyl groups is 3. The van der Waals surface area contributed by atoms with Crippen LogP contribution in [0.15, 0.2) is 0 Å². The Balaban J connectivity index is -0.000000108. The second kappa shape index (κ2) is 20.2. The maximum Gasteiger partial charge on any atom is 0.0459 e. The van der Waals surface area contributed by atoms with Gasteiger partial charge in [0.2, 0.25) is 0 Å². The van der Waals surface area contributed by atoms with Crippen LogP contribution >= 0.6 is 0 Å². The maximum atomic E-state index is 8.51. The molecule has 0 heterocycles. The molecular formula is C18H42GdO3. The quantitative estimate of drug-likeness (QED) is 0.561. The fraction of sp³-hybridized carbons (Fsp3) is 1.00. The molecule has 0 radical (unpaired) electrons. The van der Waals surface area contributed by atoms with Crippen molar-refractivity contribution in [2.45, 2.75) is 62.3 Å². The Labute approximate surface area is 172 Å². The average molecular weight is 464 g/mol. The Bertz CT molecular complexity index is 163. The summed E-state index contributed by atoms with van der Waals surface area (Å²) in [5.74, 6) is 3.22. The van der Waals surface area contributed by atoms with E-state index >= 15 is 0 Å². The summed E-state index contributed by atoms with van der Waals surface area (Å²) >= 11 is 0. The van der Waals surface area contributed by atoms with Crippen LogP contribution in [0.2, 0.25) is 0 Å². The molecule has 3 unspecified atom stereocenters. The fourth-order valence-electron chi connectivity index (χ4n) is 0.632. The van der Waals surface area contributed by atoms with Gasteiger partial charge in [0.15, 0.2) is 0 Å². The third-order valence-corrected chi connectivity index (χ3v) is 4.28. The van der Waals surface area contributed by atoms with E-state index in [0.717, 1.165) is 0 Å². The van der Waals surface area contributed by atoms with Crippen LogP contribution in [0, 0.1) is 75.4 Å². The first-order valence-electron chi connectivity index (χ1n) is 8.37. The SMILES string of the molecule is CC(C)C(C)CO.CC(C)C(C)CO.CC(C)C(C)CO.[Gd]. The van der Waals surface area contributed by atoms with E-state index in [2.05, 4.69) is 41.5 Å². The van der Waals surface area contributed by atoms with E-state index in [1.165, 1.54) is 0 Å². The van der Waals surface area contributed by atoms with E-state index in [9.17, 15) is 0 Å². The Kier molecular flexibility index (Phi) is 28.6. The summed E-state index contributed by atoms with van der Waals surface area (Å²) in [5, 5.41) is 25.5. The minimum Gasteiger partial charge on any atom is -0.396 e. The van der Waals surface area contributed by atoms with Gasteiger partial charge in [-0.2, -0.15) is 0 Å². The normalized spacial score (nSPS) is 14.3. The van der Waals surface area contributed by atoms with Gasteiger partial charge in [-0.1, -0.05) is 62.3 Å². The van der Waals surface area contributed by atoms with Crippen molar-refractivity contribution < 1.29 is 55.3 Å². The zero-order chi connectivity index (χ0) is 17.6. The molecule has 0 aromatic heterocycles. The van der Waals surface area contributed by atoms with Crippen molar-refractivity contribution >= 4 is 0 Å². The molecule has 0 spiro atoms. The smallest absolute Gasteiger partial charge is 0.0459 e. The van der Waals surface area contributed by atoms with Gasteiger partial charge in [0.25, 0.3) is 0 Å². The average Bonchev–Trinajstić information content (AvgIpc) is 2.45. The van der Waals surface area contributed by atoms with Gasteiger partial charge in [0.1, 0.15) is 0 Å². The monoisotopic (exact) mass is 464 g/mol. The van der Waals surface area contributed by atoms with Gasteiger partial charge in [0, 0.05) is 59.8 Å². The molecule has 0 aromatic rings. The zero-order valence-corrected chi connectivity index (χ0v) is 18.5. The Morgan fingerprint density at radius 1 is 0.455 bits per heavy atom. The summed E-state index contributed by atoms with van der Waals surface area (Å²) in [6.07, 6.45) is 0. The molecule has 3 nitrogen and oxygen atoms in total. The molecule has 0 fully saturated rings. The Hall–Kier alpha value is 1.20. The number of rotatable bonds is 6. The third kappa shape index (κ3) is 23.5. The molecule has 0 aliphatic heterocycles. The van der Waals surface area contributed by atoms with Crippen LogP contribution < -0.4 is 0 Å². The van der Waals surface area contributed by atoms with Crippen LogP contribution in [0.5, 0.6) is 0 Å². The second-order valence-electron chi connectivity index (χ2n) is 7.21. The molecule has 0 saturated heterocycles. The van der Waals surface area contributed by atoms with Crippen molar-refractivity contribution in [1.82, 2.24) is 0 Å². The van der Waals surface area contributed by atoms with Crippen LogP contribution in [0.4, 0.5) is 0 Å². The first-order chi connectivity index (χ1) is 9.54. The molecule has 0 bridgehead atoms. The van der Waals surface area contributed by atoms with Crippen LogP contribution in [-0.4, -0.2) is 35.1 Å². The largest absolute Gasteiger partial charge is 0.396 e. The number of hydrogen-bond donors (Lipinski definition) is 3. The van der Waals surface area contributed by atoms with E-state index in [0.29, 0.717) is 55.3 Å². The van der Waals surface area contributed by atoms with Crippen LogP contribution in [0.1, 0.15) is 62.3 Å².